The minimum atomic E-state index is 0.130. The molecule has 0 spiro atoms. The van der Waals surface area contributed by atoms with Crippen molar-refractivity contribution in [1.29, 1.82) is 0 Å². The summed E-state index contributed by atoms with van der Waals surface area (Å²) in [6.07, 6.45) is 3.47. The Bertz CT molecular complexity index is 435. The van der Waals surface area contributed by atoms with Crippen LogP contribution < -0.4 is 5.73 Å². The van der Waals surface area contributed by atoms with Crippen molar-refractivity contribution in [2.24, 2.45) is 11.7 Å². The minimum absolute atomic E-state index is 0.130. The van der Waals surface area contributed by atoms with Gasteiger partial charge in [0.05, 0.1) is 6.04 Å². The molecule has 2 rings (SSSR count). The molecule has 1 fully saturated rings. The number of rotatable bonds is 4. The third-order valence-corrected chi connectivity index (χ3v) is 4.99. The van der Waals surface area contributed by atoms with Gasteiger partial charge in [-0.25, -0.2) is 0 Å². The monoisotopic (exact) mass is 294 g/mol. The zero-order chi connectivity index (χ0) is 14.7. The first-order valence-corrected chi connectivity index (χ1v) is 8.18. The molecular weight excluding hydrogens is 268 g/mol. The quantitative estimate of drug-likeness (QED) is 0.900. The molecule has 112 valence electrons. The van der Waals surface area contributed by atoms with Gasteiger partial charge in [0.2, 0.25) is 0 Å². The molecule has 2 N–H and O–H groups in total. The maximum Gasteiger partial charge on any atom is 0.0516 e. The summed E-state index contributed by atoms with van der Waals surface area (Å²) in [6.45, 7) is 7.94. The summed E-state index contributed by atoms with van der Waals surface area (Å²) in [6, 6.07) is 9.09. The van der Waals surface area contributed by atoms with Gasteiger partial charge >= 0.3 is 0 Å². The summed E-state index contributed by atoms with van der Waals surface area (Å²) in [4.78, 5) is 2.56. The Morgan fingerprint density at radius 1 is 1.35 bits per heavy atom. The number of nitrogens with two attached hydrogens (primary N) is 1. The number of piperidine rings is 1. The average molecular weight is 295 g/mol. The molecule has 0 aliphatic carbocycles. The van der Waals surface area contributed by atoms with Crippen LogP contribution >= 0.6 is 11.6 Å². The average Bonchev–Trinajstić information content (AvgIpc) is 2.43. The molecule has 0 radical (unpaired) electrons. The molecule has 4 unspecified atom stereocenters. The second-order valence-corrected chi connectivity index (χ2v) is 6.66. The highest BCUT2D eigenvalue weighted by atomic mass is 35.5. The molecule has 1 aliphatic heterocycles. The predicted octanol–water partition coefficient (Wildman–Crippen LogP) is 4.24. The lowest BCUT2D eigenvalue weighted by Gasteiger charge is -2.44. The van der Waals surface area contributed by atoms with E-state index in [0.717, 1.165) is 23.9 Å². The molecule has 1 aromatic rings. The fourth-order valence-corrected chi connectivity index (χ4v) is 3.68. The SMILES string of the molecule is CCC(N)C(c1ccccc1Cl)N1CCC(C)CC1C. The third kappa shape index (κ3) is 3.36. The summed E-state index contributed by atoms with van der Waals surface area (Å²) >= 11 is 6.43. The Hall–Kier alpha value is -0.570. The van der Waals surface area contributed by atoms with Crippen molar-refractivity contribution in [3.05, 3.63) is 34.9 Å². The van der Waals surface area contributed by atoms with Crippen molar-refractivity contribution < 1.29 is 0 Å². The van der Waals surface area contributed by atoms with Gasteiger partial charge in [0, 0.05) is 17.1 Å². The van der Waals surface area contributed by atoms with E-state index >= 15 is 0 Å². The Balaban J connectivity index is 2.31. The fourth-order valence-electron chi connectivity index (χ4n) is 3.43. The van der Waals surface area contributed by atoms with E-state index in [4.69, 9.17) is 17.3 Å². The van der Waals surface area contributed by atoms with E-state index in [2.05, 4.69) is 37.8 Å². The van der Waals surface area contributed by atoms with E-state index in [1.165, 1.54) is 18.4 Å². The number of likely N-dealkylation sites (tertiary alicyclic amines) is 1. The molecule has 0 saturated carbocycles. The van der Waals surface area contributed by atoms with Crippen LogP contribution in [0.25, 0.3) is 0 Å². The largest absolute Gasteiger partial charge is 0.326 e. The molecule has 0 bridgehead atoms. The summed E-state index contributed by atoms with van der Waals surface area (Å²) < 4.78 is 0. The normalized spacial score (nSPS) is 27.2. The first-order valence-electron chi connectivity index (χ1n) is 7.80. The summed E-state index contributed by atoms with van der Waals surface area (Å²) in [5.74, 6) is 0.811. The molecular formula is C17H27ClN2. The number of hydrogen-bond acceptors (Lipinski definition) is 2. The van der Waals surface area contributed by atoms with Crippen molar-refractivity contribution in [2.45, 2.75) is 58.2 Å². The van der Waals surface area contributed by atoms with Crippen LogP contribution in [0.4, 0.5) is 0 Å². The van der Waals surface area contributed by atoms with Crippen LogP contribution in [0.2, 0.25) is 5.02 Å². The topological polar surface area (TPSA) is 29.3 Å². The van der Waals surface area contributed by atoms with Gasteiger partial charge in [-0.05, 0) is 50.3 Å². The van der Waals surface area contributed by atoms with Crippen molar-refractivity contribution in [3.63, 3.8) is 0 Å². The van der Waals surface area contributed by atoms with Crippen LogP contribution in [0, 0.1) is 5.92 Å². The van der Waals surface area contributed by atoms with Crippen LogP contribution in [0.15, 0.2) is 24.3 Å². The Morgan fingerprint density at radius 2 is 2.05 bits per heavy atom. The van der Waals surface area contributed by atoms with Crippen molar-refractivity contribution >= 4 is 11.6 Å². The standard InChI is InChI=1S/C17H27ClN2/c1-4-16(19)17(14-7-5-6-8-15(14)18)20-10-9-12(2)11-13(20)3/h5-8,12-13,16-17H,4,9-11,19H2,1-3H3. The van der Waals surface area contributed by atoms with Crippen molar-refractivity contribution in [3.8, 4) is 0 Å². The number of halogens is 1. The third-order valence-electron chi connectivity index (χ3n) is 4.65. The highest BCUT2D eigenvalue weighted by Gasteiger charge is 2.33. The van der Waals surface area contributed by atoms with Gasteiger partial charge in [0.25, 0.3) is 0 Å². The summed E-state index contributed by atoms with van der Waals surface area (Å²) in [5, 5.41) is 0.840. The molecule has 1 aliphatic rings. The summed E-state index contributed by atoms with van der Waals surface area (Å²) in [7, 11) is 0. The Labute approximate surface area is 128 Å². The van der Waals surface area contributed by atoms with Crippen molar-refractivity contribution in [2.75, 3.05) is 6.54 Å². The highest BCUT2D eigenvalue weighted by molar-refractivity contribution is 6.31. The van der Waals surface area contributed by atoms with Crippen LogP contribution in [0.3, 0.4) is 0 Å². The van der Waals surface area contributed by atoms with Crippen LogP contribution in [0.5, 0.6) is 0 Å². The maximum atomic E-state index is 6.45. The lowest BCUT2D eigenvalue weighted by Crippen LogP contribution is -2.48. The maximum absolute atomic E-state index is 6.45. The first kappa shape index (κ1) is 15.8. The van der Waals surface area contributed by atoms with Gasteiger partial charge in [-0.3, -0.25) is 4.90 Å². The van der Waals surface area contributed by atoms with Crippen molar-refractivity contribution in [1.82, 2.24) is 4.90 Å². The lowest BCUT2D eigenvalue weighted by molar-refractivity contribution is 0.0673. The summed E-state index contributed by atoms with van der Waals surface area (Å²) in [5.41, 5.74) is 7.63. The van der Waals surface area contributed by atoms with E-state index in [0.29, 0.717) is 6.04 Å². The zero-order valence-electron chi connectivity index (χ0n) is 12.8. The number of nitrogens with zero attached hydrogens (tertiary/aromatic N) is 1. The smallest absolute Gasteiger partial charge is 0.0516 e. The van der Waals surface area contributed by atoms with Gasteiger partial charge in [-0.15, -0.1) is 0 Å². The molecule has 20 heavy (non-hydrogen) atoms. The van der Waals surface area contributed by atoms with Crippen LogP contribution in [0.1, 0.15) is 51.6 Å². The zero-order valence-corrected chi connectivity index (χ0v) is 13.6. The Morgan fingerprint density at radius 3 is 2.65 bits per heavy atom. The van der Waals surface area contributed by atoms with Crippen LogP contribution in [-0.4, -0.2) is 23.5 Å². The van der Waals surface area contributed by atoms with E-state index in [-0.39, 0.29) is 12.1 Å². The molecule has 2 nitrogen and oxygen atoms in total. The number of benzene rings is 1. The molecule has 1 heterocycles. The Kier molecular flexibility index (Phi) is 5.48. The van der Waals surface area contributed by atoms with Gasteiger partial charge in [0.1, 0.15) is 0 Å². The molecule has 4 atom stereocenters. The van der Waals surface area contributed by atoms with Gasteiger partial charge in [-0.1, -0.05) is 43.6 Å². The molecule has 0 aromatic heterocycles. The molecule has 3 heteroatoms. The minimum Gasteiger partial charge on any atom is -0.326 e. The van der Waals surface area contributed by atoms with E-state index in [1.54, 1.807) is 0 Å². The lowest BCUT2D eigenvalue weighted by atomic mass is 9.88. The van der Waals surface area contributed by atoms with E-state index in [9.17, 15) is 0 Å². The molecule has 1 aromatic carbocycles. The fraction of sp³-hybridized carbons (Fsp3) is 0.647. The highest BCUT2D eigenvalue weighted by Crippen LogP contribution is 2.36. The van der Waals surface area contributed by atoms with E-state index < -0.39 is 0 Å². The van der Waals surface area contributed by atoms with Gasteiger partial charge in [0.15, 0.2) is 0 Å². The van der Waals surface area contributed by atoms with E-state index in [1.807, 2.05) is 12.1 Å². The molecule has 0 amide bonds. The first-order chi connectivity index (χ1) is 9.54. The van der Waals surface area contributed by atoms with Gasteiger partial charge in [-0.2, -0.15) is 0 Å². The number of hydrogen-bond donors (Lipinski definition) is 1. The predicted molar refractivity (Wildman–Crippen MR) is 87.0 cm³/mol. The second kappa shape index (κ2) is 6.93. The van der Waals surface area contributed by atoms with Gasteiger partial charge < -0.3 is 5.73 Å². The van der Waals surface area contributed by atoms with Crippen LogP contribution in [-0.2, 0) is 0 Å². The molecule has 1 saturated heterocycles. The second-order valence-electron chi connectivity index (χ2n) is 6.25.